The molecule has 0 saturated carbocycles. The van der Waals surface area contributed by atoms with Gasteiger partial charge < -0.3 is 10.5 Å². The normalized spacial score (nSPS) is 12.6. The zero-order valence-electron chi connectivity index (χ0n) is 8.18. The summed E-state index contributed by atoms with van der Waals surface area (Å²) in [6, 6.07) is 3.25. The Hall–Kier alpha value is -0.610. The topological polar surface area (TPSA) is 35.2 Å². The van der Waals surface area contributed by atoms with E-state index in [-0.39, 0.29) is 17.6 Å². The van der Waals surface area contributed by atoms with Crippen LogP contribution in [0.1, 0.15) is 12.5 Å². The molecule has 4 heteroatoms. The third-order valence-corrected chi connectivity index (χ3v) is 2.30. The summed E-state index contributed by atoms with van der Waals surface area (Å²) < 4.78 is 19.3. The molecular formula is C10H13BrFNO. The lowest BCUT2D eigenvalue weighted by Crippen LogP contribution is -2.18. The molecule has 1 atom stereocenters. The second-order valence-electron chi connectivity index (χ2n) is 3.26. The highest BCUT2D eigenvalue weighted by Gasteiger charge is 2.11. The number of halogens is 2. The second-order valence-corrected chi connectivity index (χ2v) is 4.18. The van der Waals surface area contributed by atoms with Crippen molar-refractivity contribution in [2.45, 2.75) is 19.4 Å². The Labute approximate surface area is 91.4 Å². The van der Waals surface area contributed by atoms with Gasteiger partial charge in [0.15, 0.2) is 11.6 Å². The maximum absolute atomic E-state index is 13.6. The lowest BCUT2D eigenvalue weighted by atomic mass is 10.1. The third-order valence-electron chi connectivity index (χ3n) is 1.84. The van der Waals surface area contributed by atoms with E-state index in [0.29, 0.717) is 12.0 Å². The Kier molecular flexibility index (Phi) is 3.89. The summed E-state index contributed by atoms with van der Waals surface area (Å²) in [7, 11) is 1.44. The minimum Gasteiger partial charge on any atom is -0.494 e. The molecule has 1 rings (SSSR count). The summed E-state index contributed by atoms with van der Waals surface area (Å²) in [6.45, 7) is 1.84. The van der Waals surface area contributed by atoms with Gasteiger partial charge in [-0.3, -0.25) is 0 Å². The largest absolute Gasteiger partial charge is 0.494 e. The average molecular weight is 262 g/mol. The molecule has 0 bridgehead atoms. The SMILES string of the molecule is COc1cc(Br)cc(CC(C)N)c1F. The molecule has 0 spiro atoms. The van der Waals surface area contributed by atoms with Crippen LogP contribution in [0.2, 0.25) is 0 Å². The molecule has 0 saturated heterocycles. The second kappa shape index (κ2) is 4.75. The van der Waals surface area contributed by atoms with Gasteiger partial charge in [0.05, 0.1) is 7.11 Å². The molecule has 2 nitrogen and oxygen atoms in total. The Bertz CT molecular complexity index is 328. The molecule has 1 unspecified atom stereocenters. The molecule has 0 radical (unpaired) electrons. The molecule has 0 fully saturated rings. The van der Waals surface area contributed by atoms with Crippen LogP contribution >= 0.6 is 15.9 Å². The molecular weight excluding hydrogens is 249 g/mol. The van der Waals surface area contributed by atoms with E-state index in [1.54, 1.807) is 12.1 Å². The Morgan fingerprint density at radius 2 is 2.21 bits per heavy atom. The summed E-state index contributed by atoms with van der Waals surface area (Å²) in [4.78, 5) is 0. The van der Waals surface area contributed by atoms with E-state index >= 15 is 0 Å². The van der Waals surface area contributed by atoms with E-state index in [4.69, 9.17) is 10.5 Å². The van der Waals surface area contributed by atoms with Crippen molar-refractivity contribution < 1.29 is 9.13 Å². The first kappa shape index (κ1) is 11.5. The molecule has 0 aliphatic heterocycles. The van der Waals surface area contributed by atoms with E-state index in [1.807, 2.05) is 6.92 Å². The molecule has 0 aliphatic carbocycles. The van der Waals surface area contributed by atoms with Gasteiger partial charge in [-0.05, 0) is 31.0 Å². The zero-order valence-corrected chi connectivity index (χ0v) is 9.77. The Balaban J connectivity index is 3.08. The van der Waals surface area contributed by atoms with Gasteiger partial charge in [0, 0.05) is 10.5 Å². The number of hydrogen-bond acceptors (Lipinski definition) is 2. The summed E-state index contributed by atoms with van der Waals surface area (Å²) in [5.41, 5.74) is 6.19. The number of benzene rings is 1. The fourth-order valence-corrected chi connectivity index (χ4v) is 1.75. The van der Waals surface area contributed by atoms with Crippen molar-refractivity contribution in [1.29, 1.82) is 0 Å². The van der Waals surface area contributed by atoms with Crippen LogP contribution in [0.4, 0.5) is 4.39 Å². The number of ether oxygens (including phenoxy) is 1. The van der Waals surface area contributed by atoms with Crippen molar-refractivity contribution in [2.24, 2.45) is 5.73 Å². The van der Waals surface area contributed by atoms with Crippen LogP contribution in [-0.2, 0) is 6.42 Å². The van der Waals surface area contributed by atoms with Crippen LogP contribution in [-0.4, -0.2) is 13.2 Å². The van der Waals surface area contributed by atoms with E-state index in [9.17, 15) is 4.39 Å². The Morgan fingerprint density at radius 3 is 2.71 bits per heavy atom. The molecule has 0 heterocycles. The van der Waals surface area contributed by atoms with Gasteiger partial charge in [0.25, 0.3) is 0 Å². The van der Waals surface area contributed by atoms with Crippen LogP contribution in [0.25, 0.3) is 0 Å². The van der Waals surface area contributed by atoms with Gasteiger partial charge in [0.2, 0.25) is 0 Å². The standard InChI is InChI=1S/C10H13BrFNO/c1-6(13)3-7-4-8(11)5-9(14-2)10(7)12/h4-6H,3,13H2,1-2H3. The lowest BCUT2D eigenvalue weighted by Gasteiger charge is -2.10. The zero-order chi connectivity index (χ0) is 10.7. The van der Waals surface area contributed by atoms with Crippen LogP contribution in [0.15, 0.2) is 16.6 Å². The van der Waals surface area contributed by atoms with Gasteiger partial charge in [-0.15, -0.1) is 0 Å². The van der Waals surface area contributed by atoms with Gasteiger partial charge in [-0.25, -0.2) is 4.39 Å². The van der Waals surface area contributed by atoms with E-state index in [0.717, 1.165) is 4.47 Å². The number of hydrogen-bond donors (Lipinski definition) is 1. The molecule has 0 aliphatic rings. The highest BCUT2D eigenvalue weighted by Crippen LogP contribution is 2.26. The van der Waals surface area contributed by atoms with Crippen LogP contribution < -0.4 is 10.5 Å². The van der Waals surface area contributed by atoms with Crippen molar-refractivity contribution in [3.63, 3.8) is 0 Å². The van der Waals surface area contributed by atoms with Crippen molar-refractivity contribution in [3.8, 4) is 5.75 Å². The molecule has 78 valence electrons. The summed E-state index contributed by atoms with van der Waals surface area (Å²) in [6.07, 6.45) is 0.502. The minimum atomic E-state index is -0.326. The first-order valence-electron chi connectivity index (χ1n) is 4.32. The number of rotatable bonds is 3. The van der Waals surface area contributed by atoms with Crippen molar-refractivity contribution in [2.75, 3.05) is 7.11 Å². The van der Waals surface area contributed by atoms with Crippen molar-refractivity contribution in [1.82, 2.24) is 0 Å². The van der Waals surface area contributed by atoms with E-state index in [1.165, 1.54) is 7.11 Å². The van der Waals surface area contributed by atoms with Crippen LogP contribution in [0, 0.1) is 5.82 Å². The van der Waals surface area contributed by atoms with Crippen LogP contribution in [0.5, 0.6) is 5.75 Å². The van der Waals surface area contributed by atoms with E-state index < -0.39 is 0 Å². The monoisotopic (exact) mass is 261 g/mol. The first-order valence-corrected chi connectivity index (χ1v) is 5.11. The smallest absolute Gasteiger partial charge is 0.168 e. The fourth-order valence-electron chi connectivity index (χ4n) is 1.26. The highest BCUT2D eigenvalue weighted by atomic mass is 79.9. The molecule has 14 heavy (non-hydrogen) atoms. The third kappa shape index (κ3) is 2.69. The maximum Gasteiger partial charge on any atom is 0.168 e. The average Bonchev–Trinajstić information content (AvgIpc) is 2.09. The Morgan fingerprint density at radius 1 is 1.57 bits per heavy atom. The quantitative estimate of drug-likeness (QED) is 0.908. The van der Waals surface area contributed by atoms with E-state index in [2.05, 4.69) is 15.9 Å². The molecule has 0 aromatic heterocycles. The van der Waals surface area contributed by atoms with Gasteiger partial charge >= 0.3 is 0 Å². The lowest BCUT2D eigenvalue weighted by molar-refractivity contribution is 0.383. The molecule has 1 aromatic carbocycles. The van der Waals surface area contributed by atoms with Crippen LogP contribution in [0.3, 0.4) is 0 Å². The fraction of sp³-hybridized carbons (Fsp3) is 0.400. The summed E-state index contributed by atoms with van der Waals surface area (Å²) in [5, 5.41) is 0. The summed E-state index contributed by atoms with van der Waals surface area (Å²) >= 11 is 3.29. The van der Waals surface area contributed by atoms with Gasteiger partial charge in [-0.2, -0.15) is 0 Å². The van der Waals surface area contributed by atoms with Gasteiger partial charge in [0.1, 0.15) is 0 Å². The maximum atomic E-state index is 13.6. The molecule has 2 N–H and O–H groups in total. The number of methoxy groups -OCH3 is 1. The van der Waals surface area contributed by atoms with Gasteiger partial charge in [-0.1, -0.05) is 15.9 Å². The highest BCUT2D eigenvalue weighted by molar-refractivity contribution is 9.10. The van der Waals surface area contributed by atoms with Crippen molar-refractivity contribution >= 4 is 15.9 Å². The number of nitrogens with two attached hydrogens (primary N) is 1. The predicted molar refractivity (Wildman–Crippen MR) is 58.0 cm³/mol. The molecule has 1 aromatic rings. The first-order chi connectivity index (χ1) is 6.54. The molecule has 0 amide bonds. The minimum absolute atomic E-state index is 0.0662. The van der Waals surface area contributed by atoms with Crippen molar-refractivity contribution in [3.05, 3.63) is 28.0 Å². The summed E-state index contributed by atoms with van der Waals surface area (Å²) in [5.74, 6) is -0.0805. The predicted octanol–water partition coefficient (Wildman–Crippen LogP) is 2.49.